The van der Waals surface area contributed by atoms with E-state index in [9.17, 15) is 5.11 Å². The maximum Gasteiger partial charge on any atom is 0.171 e. The highest BCUT2D eigenvalue weighted by Gasteiger charge is 2.50. The molecule has 26 heavy (non-hydrogen) atoms. The molecule has 0 radical (unpaired) electrons. The van der Waals surface area contributed by atoms with Crippen LogP contribution in [0.15, 0.2) is 10.7 Å². The molecule has 2 saturated carbocycles. The lowest BCUT2D eigenvalue weighted by Gasteiger charge is -2.30. The van der Waals surface area contributed by atoms with Crippen LogP contribution in [0, 0.1) is 5.92 Å². The normalized spacial score (nSPS) is 29.7. The smallest absolute Gasteiger partial charge is 0.171 e. The molecule has 2 heterocycles. The molecule has 2 fully saturated rings. The van der Waals surface area contributed by atoms with Gasteiger partial charge in [0.05, 0.1) is 16.4 Å². The third kappa shape index (κ3) is 2.36. The molecule has 0 bridgehead atoms. The molecule has 0 aromatic carbocycles. The lowest BCUT2D eigenvalue weighted by atomic mass is 9.76. The largest absolute Gasteiger partial charge is 0.396 e. The number of rotatable bonds is 3. The maximum absolute atomic E-state index is 10.1. The van der Waals surface area contributed by atoms with Crippen molar-refractivity contribution in [1.29, 1.82) is 0 Å². The summed E-state index contributed by atoms with van der Waals surface area (Å²) < 4.78 is 2.86. The van der Waals surface area contributed by atoms with Gasteiger partial charge in [0.25, 0.3) is 0 Å². The summed E-state index contributed by atoms with van der Waals surface area (Å²) in [4.78, 5) is 5.08. The molecule has 0 saturated heterocycles. The number of fused-ring (bicyclic) bond motifs is 3. The average molecular weight is 420 g/mol. The molecule has 140 valence electrons. The van der Waals surface area contributed by atoms with Crippen LogP contribution in [-0.4, -0.2) is 38.4 Å². The summed E-state index contributed by atoms with van der Waals surface area (Å²) in [5.74, 6) is 1.33. The number of aliphatic hydroxyl groups is 1. The van der Waals surface area contributed by atoms with Crippen LogP contribution >= 0.6 is 15.9 Å². The summed E-state index contributed by atoms with van der Waals surface area (Å²) in [6.45, 7) is 0.230. The molecule has 2 aromatic heterocycles. The van der Waals surface area contributed by atoms with Gasteiger partial charge in [0.15, 0.2) is 5.65 Å². The number of nitrogens with one attached hydrogen (secondary N) is 1. The van der Waals surface area contributed by atoms with Crippen molar-refractivity contribution >= 4 is 27.4 Å². The molecular weight excluding hydrogens is 394 g/mol. The second-order valence-corrected chi connectivity index (χ2v) is 9.23. The number of hydrogen-bond acceptors (Lipinski definition) is 5. The van der Waals surface area contributed by atoms with Crippen molar-refractivity contribution in [1.82, 2.24) is 14.6 Å². The number of anilines is 1. The van der Waals surface area contributed by atoms with E-state index in [1.165, 1.54) is 24.1 Å². The summed E-state index contributed by atoms with van der Waals surface area (Å²) in [6, 6.07) is 0.670. The number of halogens is 1. The van der Waals surface area contributed by atoms with E-state index >= 15 is 0 Å². The maximum atomic E-state index is 10.1. The van der Waals surface area contributed by atoms with E-state index in [2.05, 4.69) is 26.3 Å². The molecule has 5 rings (SSSR count). The summed E-state index contributed by atoms with van der Waals surface area (Å²) in [6.07, 6.45) is 10.6. The zero-order valence-corrected chi connectivity index (χ0v) is 16.5. The number of aliphatic hydroxyl groups excluding tert-OH is 1. The highest BCUT2D eigenvalue weighted by atomic mass is 79.9. The van der Waals surface area contributed by atoms with Gasteiger partial charge in [-0.2, -0.15) is 9.61 Å². The van der Waals surface area contributed by atoms with Crippen molar-refractivity contribution in [3.8, 4) is 0 Å². The van der Waals surface area contributed by atoms with E-state index in [1.807, 2.05) is 10.7 Å². The van der Waals surface area contributed by atoms with Crippen molar-refractivity contribution in [2.45, 2.75) is 68.9 Å². The van der Waals surface area contributed by atoms with Crippen LogP contribution in [-0.2, 0) is 11.8 Å². The van der Waals surface area contributed by atoms with Gasteiger partial charge >= 0.3 is 0 Å². The zero-order valence-electron chi connectivity index (χ0n) is 14.9. The van der Waals surface area contributed by atoms with Crippen molar-refractivity contribution < 1.29 is 5.11 Å². The van der Waals surface area contributed by atoms with Gasteiger partial charge in [-0.05, 0) is 60.4 Å². The average Bonchev–Trinajstić information content (AvgIpc) is 3.39. The van der Waals surface area contributed by atoms with Gasteiger partial charge in [0.1, 0.15) is 5.82 Å². The monoisotopic (exact) mass is 419 g/mol. The Labute approximate surface area is 161 Å². The number of nitrogens with two attached hydrogens (primary N) is 1. The van der Waals surface area contributed by atoms with Crippen molar-refractivity contribution in [2.24, 2.45) is 11.7 Å². The number of nitrogens with zero attached hydrogens (tertiary/aromatic N) is 3. The zero-order chi connectivity index (χ0) is 17.9. The molecule has 3 aliphatic rings. The SMILES string of the molecule is N[C@H]1CC[C@@H](Nc2c3c(nc4c(Br)cnn24)C2(CCCC2)C(CO)C3)C1. The van der Waals surface area contributed by atoms with Gasteiger partial charge in [0, 0.05) is 29.7 Å². The molecule has 3 aliphatic carbocycles. The topological polar surface area (TPSA) is 88.5 Å². The van der Waals surface area contributed by atoms with E-state index < -0.39 is 0 Å². The van der Waals surface area contributed by atoms with E-state index in [1.54, 1.807) is 0 Å². The van der Waals surface area contributed by atoms with Gasteiger partial charge in [0.2, 0.25) is 0 Å². The Morgan fingerprint density at radius 3 is 2.85 bits per heavy atom. The van der Waals surface area contributed by atoms with Gasteiger partial charge in [-0.15, -0.1) is 0 Å². The molecule has 1 unspecified atom stereocenters. The summed E-state index contributed by atoms with van der Waals surface area (Å²) in [5.41, 5.74) is 9.50. The molecule has 0 aliphatic heterocycles. The Balaban J connectivity index is 1.67. The van der Waals surface area contributed by atoms with E-state index in [-0.39, 0.29) is 24.0 Å². The molecule has 0 amide bonds. The van der Waals surface area contributed by atoms with Gasteiger partial charge in [-0.25, -0.2) is 4.98 Å². The van der Waals surface area contributed by atoms with Crippen LogP contribution in [0.2, 0.25) is 0 Å². The number of aromatic nitrogens is 3. The minimum Gasteiger partial charge on any atom is -0.396 e. The van der Waals surface area contributed by atoms with Crippen LogP contribution in [0.3, 0.4) is 0 Å². The van der Waals surface area contributed by atoms with E-state index in [0.29, 0.717) is 6.04 Å². The third-order valence-electron chi connectivity index (χ3n) is 6.94. The van der Waals surface area contributed by atoms with Crippen molar-refractivity contribution in [3.05, 3.63) is 21.9 Å². The summed E-state index contributed by atoms with van der Waals surface area (Å²) in [7, 11) is 0. The van der Waals surface area contributed by atoms with E-state index in [0.717, 1.165) is 54.5 Å². The van der Waals surface area contributed by atoms with Gasteiger partial charge in [-0.3, -0.25) is 0 Å². The minimum absolute atomic E-state index is 0.0397. The highest BCUT2D eigenvalue weighted by Crippen LogP contribution is 2.54. The number of hydrogen-bond donors (Lipinski definition) is 3. The fraction of sp³-hybridized carbons (Fsp3) is 0.684. The van der Waals surface area contributed by atoms with E-state index in [4.69, 9.17) is 10.7 Å². The van der Waals surface area contributed by atoms with Crippen LogP contribution in [0.25, 0.3) is 5.65 Å². The summed E-state index contributed by atoms with van der Waals surface area (Å²) in [5, 5.41) is 18.5. The standard InChI is InChI=1S/C19H26BrN5O/c20-15-9-22-25-17(23-13-4-3-12(21)8-13)14-7-11(10-26)19(5-1-2-6-19)16(14)24-18(15)25/h9,11-13,23,26H,1-8,10,21H2/t11?,12-,13+/m0/s1. The molecule has 6 nitrogen and oxygen atoms in total. The highest BCUT2D eigenvalue weighted by molar-refractivity contribution is 9.10. The fourth-order valence-corrected chi connectivity index (χ4v) is 5.97. The quantitative estimate of drug-likeness (QED) is 0.711. The fourth-order valence-electron chi connectivity index (χ4n) is 5.62. The Kier molecular flexibility index (Phi) is 4.03. The Morgan fingerprint density at radius 2 is 2.15 bits per heavy atom. The molecule has 1 spiro atoms. The molecular formula is C19H26BrN5O. The predicted molar refractivity (Wildman–Crippen MR) is 104 cm³/mol. The van der Waals surface area contributed by atoms with Gasteiger partial charge < -0.3 is 16.2 Å². The van der Waals surface area contributed by atoms with Crippen LogP contribution in [0.5, 0.6) is 0 Å². The molecule has 7 heteroatoms. The Hall–Kier alpha value is -1.18. The van der Waals surface area contributed by atoms with Crippen LogP contribution in [0.1, 0.15) is 56.2 Å². The lowest BCUT2D eigenvalue weighted by Crippen LogP contribution is -2.31. The van der Waals surface area contributed by atoms with Crippen molar-refractivity contribution in [3.63, 3.8) is 0 Å². The predicted octanol–water partition coefficient (Wildman–Crippen LogP) is 2.76. The second-order valence-electron chi connectivity index (χ2n) is 8.38. The van der Waals surface area contributed by atoms with Crippen LogP contribution < -0.4 is 11.1 Å². The Bertz CT molecular complexity index is 844. The second kappa shape index (κ2) is 6.17. The minimum atomic E-state index is 0.0397. The van der Waals surface area contributed by atoms with Gasteiger partial charge in [-0.1, -0.05) is 12.8 Å². The Morgan fingerprint density at radius 1 is 1.35 bits per heavy atom. The first-order valence-electron chi connectivity index (χ1n) is 9.82. The molecule has 4 N–H and O–H groups in total. The van der Waals surface area contributed by atoms with Crippen molar-refractivity contribution in [2.75, 3.05) is 11.9 Å². The first-order valence-corrected chi connectivity index (χ1v) is 10.6. The molecule has 3 atom stereocenters. The lowest BCUT2D eigenvalue weighted by molar-refractivity contribution is 0.162. The third-order valence-corrected chi connectivity index (χ3v) is 7.50. The first-order chi connectivity index (χ1) is 12.6. The first kappa shape index (κ1) is 17.0. The molecule has 2 aromatic rings. The summed E-state index contributed by atoms with van der Waals surface area (Å²) >= 11 is 3.62. The van der Waals surface area contributed by atoms with Crippen LogP contribution in [0.4, 0.5) is 5.82 Å².